The second-order valence-corrected chi connectivity index (χ2v) is 7.17. The number of nitrogens with one attached hydrogen (secondary N) is 1. The molecule has 0 spiro atoms. The maximum atomic E-state index is 12.9. The van der Waals surface area contributed by atoms with E-state index >= 15 is 0 Å². The van der Waals surface area contributed by atoms with Gasteiger partial charge in [-0.25, -0.2) is 4.98 Å². The first-order valence-electron chi connectivity index (χ1n) is 7.89. The number of hydrogen-bond acceptors (Lipinski definition) is 3. The summed E-state index contributed by atoms with van der Waals surface area (Å²) >= 11 is 0. The molecule has 0 radical (unpaired) electrons. The predicted octanol–water partition coefficient (Wildman–Crippen LogP) is 3.98. The van der Waals surface area contributed by atoms with Crippen molar-refractivity contribution in [2.45, 2.75) is 33.6 Å². The van der Waals surface area contributed by atoms with Crippen molar-refractivity contribution in [3.8, 4) is 6.07 Å². The van der Waals surface area contributed by atoms with E-state index < -0.39 is 5.92 Å². The van der Waals surface area contributed by atoms with Crippen LogP contribution in [0.15, 0.2) is 35.9 Å². The smallest absolute Gasteiger partial charge is 0.162 e. The summed E-state index contributed by atoms with van der Waals surface area (Å²) in [6, 6.07) is 9.72. The van der Waals surface area contributed by atoms with Crippen LogP contribution in [-0.2, 0) is 4.79 Å². The van der Waals surface area contributed by atoms with Gasteiger partial charge in [-0.3, -0.25) is 4.79 Å². The second kappa shape index (κ2) is 5.34. The van der Waals surface area contributed by atoms with Gasteiger partial charge in [-0.1, -0.05) is 37.6 Å². The zero-order valence-corrected chi connectivity index (χ0v) is 13.9. The lowest BCUT2D eigenvalue weighted by Crippen LogP contribution is -2.17. The molecule has 1 aromatic carbocycles. The third-order valence-corrected chi connectivity index (χ3v) is 4.82. The van der Waals surface area contributed by atoms with E-state index in [0.29, 0.717) is 5.82 Å². The Hall–Kier alpha value is -2.41. The number of nitrogens with zero attached hydrogens (tertiary/aromatic N) is 2. The number of hydrogen-bond donors (Lipinski definition) is 1. The Labute approximate surface area is 136 Å². The molecule has 1 fully saturated rings. The molecular weight excluding hydrogens is 286 g/mol. The largest absolute Gasteiger partial charge is 0.340 e. The highest BCUT2D eigenvalue weighted by Crippen LogP contribution is 2.60. The molecule has 4 nitrogen and oxygen atoms in total. The Morgan fingerprint density at radius 3 is 2.70 bits per heavy atom. The minimum absolute atomic E-state index is 0.0287. The standard InChI is InChI=1S/C19H21N3O/c1-11(2)9-13-16(19(13,3)4)17(23)12(10-20)18-21-14-7-5-6-8-15(14)22-18/h5-9,12-13,16H,1-4H3,(H,21,22)/t12-,13+,16-/m0/s1. The van der Waals surface area contributed by atoms with Crippen LogP contribution in [0.1, 0.15) is 39.4 Å². The van der Waals surface area contributed by atoms with Crippen molar-refractivity contribution >= 4 is 16.8 Å². The lowest BCUT2D eigenvalue weighted by Gasteiger charge is -2.06. The molecule has 0 bridgehead atoms. The van der Waals surface area contributed by atoms with Crippen molar-refractivity contribution < 1.29 is 4.79 Å². The zero-order valence-electron chi connectivity index (χ0n) is 13.9. The van der Waals surface area contributed by atoms with E-state index in [2.05, 4.69) is 36.0 Å². The van der Waals surface area contributed by atoms with Gasteiger partial charge in [-0.15, -0.1) is 0 Å². The maximum Gasteiger partial charge on any atom is 0.162 e. The lowest BCUT2D eigenvalue weighted by atomic mass is 9.97. The van der Waals surface area contributed by atoms with Gasteiger partial charge in [0.05, 0.1) is 17.1 Å². The first kappa shape index (κ1) is 15.5. The fourth-order valence-electron chi connectivity index (χ4n) is 3.44. The number of aromatic amines is 1. The van der Waals surface area contributed by atoms with Gasteiger partial charge >= 0.3 is 0 Å². The minimum Gasteiger partial charge on any atom is -0.340 e. The van der Waals surface area contributed by atoms with Crippen LogP contribution in [0.3, 0.4) is 0 Å². The predicted molar refractivity (Wildman–Crippen MR) is 89.6 cm³/mol. The Balaban J connectivity index is 1.91. The molecule has 23 heavy (non-hydrogen) atoms. The molecule has 3 atom stereocenters. The van der Waals surface area contributed by atoms with E-state index in [9.17, 15) is 10.1 Å². The summed E-state index contributed by atoms with van der Waals surface area (Å²) < 4.78 is 0. The number of nitriles is 1. The van der Waals surface area contributed by atoms with Gasteiger partial charge in [0.2, 0.25) is 0 Å². The highest BCUT2D eigenvalue weighted by atomic mass is 16.1. The molecule has 1 N–H and O–H groups in total. The monoisotopic (exact) mass is 307 g/mol. The Morgan fingerprint density at radius 2 is 2.09 bits per heavy atom. The summed E-state index contributed by atoms with van der Waals surface area (Å²) in [6.45, 7) is 8.26. The summed E-state index contributed by atoms with van der Waals surface area (Å²) in [5.41, 5.74) is 2.75. The van der Waals surface area contributed by atoms with Crippen LogP contribution in [0.2, 0.25) is 0 Å². The van der Waals surface area contributed by atoms with Gasteiger partial charge in [-0.2, -0.15) is 5.26 Å². The number of allylic oxidation sites excluding steroid dienone is 2. The van der Waals surface area contributed by atoms with Gasteiger partial charge in [-0.05, 0) is 37.3 Å². The molecule has 1 aliphatic rings. The number of imidazole rings is 1. The highest BCUT2D eigenvalue weighted by molar-refractivity contribution is 5.94. The van der Waals surface area contributed by atoms with E-state index in [1.807, 2.05) is 38.1 Å². The van der Waals surface area contributed by atoms with Crippen LogP contribution in [0.25, 0.3) is 11.0 Å². The topological polar surface area (TPSA) is 69.5 Å². The Kier molecular flexibility index (Phi) is 3.60. The van der Waals surface area contributed by atoms with Gasteiger partial charge in [0.15, 0.2) is 11.7 Å². The number of rotatable bonds is 4. The first-order valence-corrected chi connectivity index (χ1v) is 7.89. The third-order valence-electron chi connectivity index (χ3n) is 4.82. The number of aromatic nitrogens is 2. The highest BCUT2D eigenvalue weighted by Gasteiger charge is 2.61. The number of ketones is 1. The number of benzene rings is 1. The summed E-state index contributed by atoms with van der Waals surface area (Å²) in [4.78, 5) is 20.5. The summed E-state index contributed by atoms with van der Waals surface area (Å²) in [5.74, 6) is -0.311. The fraction of sp³-hybridized carbons (Fsp3) is 0.421. The van der Waals surface area contributed by atoms with Crippen molar-refractivity contribution in [2.24, 2.45) is 17.3 Å². The molecular formula is C19H21N3O. The number of fused-ring (bicyclic) bond motifs is 1. The zero-order chi connectivity index (χ0) is 16.8. The molecule has 118 valence electrons. The van der Waals surface area contributed by atoms with Crippen LogP contribution >= 0.6 is 0 Å². The summed E-state index contributed by atoms with van der Waals surface area (Å²) in [7, 11) is 0. The van der Waals surface area contributed by atoms with Gasteiger partial charge < -0.3 is 4.98 Å². The second-order valence-electron chi connectivity index (χ2n) is 7.17. The molecule has 2 aromatic rings. The van der Waals surface area contributed by atoms with Crippen LogP contribution < -0.4 is 0 Å². The number of carbonyl (C=O) groups excluding carboxylic acids is 1. The number of Topliss-reactive ketones (excluding diaryl/α,β-unsaturated/α-hetero) is 1. The van der Waals surface area contributed by atoms with Gasteiger partial charge in [0, 0.05) is 5.92 Å². The minimum atomic E-state index is -0.831. The Bertz CT molecular complexity index is 801. The summed E-state index contributed by atoms with van der Waals surface area (Å²) in [5, 5.41) is 9.54. The van der Waals surface area contributed by atoms with E-state index in [1.54, 1.807) is 0 Å². The number of para-hydroxylation sites is 2. The van der Waals surface area contributed by atoms with Gasteiger partial charge in [0.1, 0.15) is 5.82 Å². The third kappa shape index (κ3) is 2.57. The van der Waals surface area contributed by atoms with Gasteiger partial charge in [0.25, 0.3) is 0 Å². The molecule has 0 amide bonds. The average molecular weight is 307 g/mol. The van der Waals surface area contributed by atoms with E-state index in [1.165, 1.54) is 5.57 Å². The number of carbonyl (C=O) groups is 1. The molecule has 3 rings (SSSR count). The lowest BCUT2D eigenvalue weighted by molar-refractivity contribution is -0.121. The van der Waals surface area contributed by atoms with Crippen molar-refractivity contribution in [3.05, 3.63) is 41.7 Å². The van der Waals surface area contributed by atoms with Crippen LogP contribution in [0.5, 0.6) is 0 Å². The SMILES string of the molecule is CC(C)=C[C@@H]1[C@@H](C(=O)[C@H](C#N)c2nc3ccccc3[nH]2)C1(C)C. The normalized spacial score (nSPS) is 23.1. The van der Waals surface area contributed by atoms with E-state index in [4.69, 9.17) is 0 Å². The van der Waals surface area contributed by atoms with Crippen molar-refractivity contribution in [2.75, 3.05) is 0 Å². The first-order chi connectivity index (χ1) is 10.9. The molecule has 0 unspecified atom stereocenters. The van der Waals surface area contributed by atoms with E-state index in [-0.39, 0.29) is 23.0 Å². The van der Waals surface area contributed by atoms with Crippen LogP contribution in [0, 0.1) is 28.6 Å². The molecule has 4 heteroatoms. The molecule has 1 aromatic heterocycles. The maximum absolute atomic E-state index is 12.9. The quantitative estimate of drug-likeness (QED) is 0.869. The van der Waals surface area contributed by atoms with Crippen LogP contribution in [-0.4, -0.2) is 15.8 Å². The van der Waals surface area contributed by atoms with Crippen LogP contribution in [0.4, 0.5) is 0 Å². The number of H-pyrrole nitrogens is 1. The van der Waals surface area contributed by atoms with E-state index in [0.717, 1.165) is 11.0 Å². The average Bonchev–Trinajstić information content (AvgIpc) is 2.84. The molecule has 1 aliphatic carbocycles. The summed E-state index contributed by atoms with van der Waals surface area (Å²) in [6.07, 6.45) is 2.15. The molecule has 0 aliphatic heterocycles. The van der Waals surface area contributed by atoms with Crippen molar-refractivity contribution in [1.29, 1.82) is 5.26 Å². The van der Waals surface area contributed by atoms with Crippen molar-refractivity contribution in [1.82, 2.24) is 9.97 Å². The molecule has 1 saturated carbocycles. The molecule has 1 heterocycles. The fourth-order valence-corrected chi connectivity index (χ4v) is 3.44. The Morgan fingerprint density at radius 1 is 1.39 bits per heavy atom. The molecule has 0 saturated heterocycles. The van der Waals surface area contributed by atoms with Crippen molar-refractivity contribution in [3.63, 3.8) is 0 Å².